The van der Waals surface area contributed by atoms with Crippen molar-refractivity contribution in [1.29, 1.82) is 0 Å². The number of hydrogen-bond acceptors (Lipinski definition) is 3. The number of carbonyl (C=O) groups is 1. The first-order valence-corrected chi connectivity index (χ1v) is 4.99. The Balaban J connectivity index is 2.49. The zero-order chi connectivity index (χ0) is 12.4. The Labute approximate surface area is 96.8 Å². The van der Waals surface area contributed by atoms with Crippen molar-refractivity contribution in [2.45, 2.75) is 6.54 Å². The highest BCUT2D eigenvalue weighted by molar-refractivity contribution is 5.85. The van der Waals surface area contributed by atoms with Gasteiger partial charge in [-0.15, -0.1) is 0 Å². The van der Waals surface area contributed by atoms with Gasteiger partial charge in [0.05, 0.1) is 6.54 Å². The van der Waals surface area contributed by atoms with Gasteiger partial charge in [0.1, 0.15) is 11.5 Å². The molecule has 0 radical (unpaired) electrons. The van der Waals surface area contributed by atoms with Crippen LogP contribution >= 0.6 is 0 Å². The first kappa shape index (κ1) is 11.1. The lowest BCUT2D eigenvalue weighted by atomic mass is 10.3. The molecule has 6 nitrogen and oxygen atoms in total. The average molecular weight is 233 g/mol. The molecule has 0 aliphatic carbocycles. The van der Waals surface area contributed by atoms with Gasteiger partial charge in [-0.3, -0.25) is 9.36 Å². The number of rotatable bonds is 3. The van der Waals surface area contributed by atoms with Crippen molar-refractivity contribution in [2.24, 2.45) is 7.05 Å². The second kappa shape index (κ2) is 4.25. The van der Waals surface area contributed by atoms with Gasteiger partial charge in [0.15, 0.2) is 0 Å². The molecule has 2 aromatic rings. The summed E-state index contributed by atoms with van der Waals surface area (Å²) in [6.07, 6.45) is 3.34. The van der Waals surface area contributed by atoms with E-state index in [9.17, 15) is 9.59 Å². The van der Waals surface area contributed by atoms with Crippen molar-refractivity contribution in [1.82, 2.24) is 14.1 Å². The van der Waals surface area contributed by atoms with E-state index in [4.69, 9.17) is 5.11 Å². The van der Waals surface area contributed by atoms with Crippen LogP contribution in [0.3, 0.4) is 0 Å². The summed E-state index contributed by atoms with van der Waals surface area (Å²) < 4.78 is 2.93. The molecule has 0 atom stereocenters. The lowest BCUT2D eigenvalue weighted by Crippen LogP contribution is -2.26. The molecular weight excluding hydrogens is 222 g/mol. The van der Waals surface area contributed by atoms with Gasteiger partial charge in [0.25, 0.3) is 5.56 Å². The van der Waals surface area contributed by atoms with Crippen LogP contribution < -0.4 is 5.56 Å². The molecule has 2 rings (SSSR count). The molecule has 6 heteroatoms. The van der Waals surface area contributed by atoms with E-state index in [1.807, 2.05) is 0 Å². The zero-order valence-corrected chi connectivity index (χ0v) is 9.20. The first-order valence-electron chi connectivity index (χ1n) is 4.99. The van der Waals surface area contributed by atoms with E-state index in [0.29, 0.717) is 5.82 Å². The van der Waals surface area contributed by atoms with Crippen molar-refractivity contribution < 1.29 is 9.90 Å². The van der Waals surface area contributed by atoms with Crippen molar-refractivity contribution in [2.75, 3.05) is 0 Å². The maximum atomic E-state index is 11.6. The maximum absolute atomic E-state index is 11.6. The van der Waals surface area contributed by atoms with Gasteiger partial charge in [-0.2, -0.15) is 0 Å². The minimum absolute atomic E-state index is 0.0412. The summed E-state index contributed by atoms with van der Waals surface area (Å²) in [6, 6.07) is 4.16. The molecule has 0 bridgehead atoms. The van der Waals surface area contributed by atoms with E-state index >= 15 is 0 Å². The number of aromatic carboxylic acids is 1. The van der Waals surface area contributed by atoms with Gasteiger partial charge in [-0.05, 0) is 6.07 Å². The van der Waals surface area contributed by atoms with Crippen LogP contribution in [0.25, 0.3) is 0 Å². The molecule has 17 heavy (non-hydrogen) atoms. The van der Waals surface area contributed by atoms with Crippen LogP contribution in [-0.2, 0) is 13.6 Å². The Morgan fingerprint density at radius 3 is 2.82 bits per heavy atom. The number of hydrogen-bond donors (Lipinski definition) is 1. The number of pyridine rings is 1. The summed E-state index contributed by atoms with van der Waals surface area (Å²) in [5.74, 6) is -0.502. The van der Waals surface area contributed by atoms with E-state index in [0.717, 1.165) is 0 Å². The van der Waals surface area contributed by atoms with Gasteiger partial charge in [0, 0.05) is 25.5 Å². The summed E-state index contributed by atoms with van der Waals surface area (Å²) in [4.78, 5) is 26.7. The van der Waals surface area contributed by atoms with Crippen LogP contribution in [0.15, 0.2) is 35.4 Å². The smallest absolute Gasteiger partial charge is 0.352 e. The Morgan fingerprint density at radius 1 is 1.47 bits per heavy atom. The molecule has 2 aromatic heterocycles. The van der Waals surface area contributed by atoms with Gasteiger partial charge in [-0.25, -0.2) is 9.78 Å². The highest BCUT2D eigenvalue weighted by Gasteiger charge is 2.12. The molecule has 0 saturated heterocycles. The van der Waals surface area contributed by atoms with Crippen molar-refractivity contribution in [3.8, 4) is 0 Å². The standard InChI is InChI=1S/C11H11N3O3/c1-13-6-5-12-9(13)7-14-8(11(16)17)3-2-4-10(14)15/h2-6H,7H2,1H3,(H,16,17). The molecule has 0 unspecified atom stereocenters. The molecule has 0 amide bonds. The number of aromatic nitrogens is 3. The third-order valence-corrected chi connectivity index (χ3v) is 2.49. The predicted molar refractivity (Wildman–Crippen MR) is 60.0 cm³/mol. The summed E-state index contributed by atoms with van der Waals surface area (Å²) in [6.45, 7) is 0.144. The molecule has 0 fully saturated rings. The van der Waals surface area contributed by atoms with Gasteiger partial charge < -0.3 is 9.67 Å². The number of carboxylic acid groups (broad SMARTS) is 1. The van der Waals surface area contributed by atoms with E-state index in [2.05, 4.69) is 4.98 Å². The Bertz CT molecular complexity index is 612. The second-order valence-corrected chi connectivity index (χ2v) is 3.59. The zero-order valence-electron chi connectivity index (χ0n) is 9.20. The lowest BCUT2D eigenvalue weighted by Gasteiger charge is -2.08. The van der Waals surface area contributed by atoms with Crippen molar-refractivity contribution in [3.05, 3.63) is 52.5 Å². The monoisotopic (exact) mass is 233 g/mol. The summed E-state index contributed by atoms with van der Waals surface area (Å²) in [5.41, 5.74) is -0.395. The van der Waals surface area contributed by atoms with E-state index in [1.54, 1.807) is 24.0 Å². The minimum Gasteiger partial charge on any atom is -0.477 e. The SMILES string of the molecule is Cn1ccnc1Cn1c(C(=O)O)cccc1=O. The highest BCUT2D eigenvalue weighted by atomic mass is 16.4. The van der Waals surface area contributed by atoms with Gasteiger partial charge >= 0.3 is 5.97 Å². The molecule has 0 aliphatic heterocycles. The quantitative estimate of drug-likeness (QED) is 0.828. The summed E-state index contributed by atoms with van der Waals surface area (Å²) in [7, 11) is 1.79. The fraction of sp³-hybridized carbons (Fsp3) is 0.182. The van der Waals surface area contributed by atoms with E-state index in [-0.39, 0.29) is 17.8 Å². The highest BCUT2D eigenvalue weighted by Crippen LogP contribution is 2.02. The number of aryl methyl sites for hydroxylation is 1. The van der Waals surface area contributed by atoms with Gasteiger partial charge in [0.2, 0.25) is 0 Å². The maximum Gasteiger partial charge on any atom is 0.352 e. The van der Waals surface area contributed by atoms with E-state index in [1.165, 1.54) is 22.8 Å². The van der Waals surface area contributed by atoms with Crippen molar-refractivity contribution >= 4 is 5.97 Å². The third kappa shape index (κ3) is 2.10. The van der Waals surface area contributed by atoms with Crippen LogP contribution in [-0.4, -0.2) is 25.2 Å². The number of carboxylic acids is 1. The fourth-order valence-electron chi connectivity index (χ4n) is 1.56. The molecule has 0 saturated carbocycles. The number of imidazole rings is 1. The molecule has 1 N–H and O–H groups in total. The van der Waals surface area contributed by atoms with Crippen molar-refractivity contribution in [3.63, 3.8) is 0 Å². The molecule has 0 aromatic carbocycles. The summed E-state index contributed by atoms with van der Waals surface area (Å²) >= 11 is 0. The molecule has 2 heterocycles. The molecular formula is C11H11N3O3. The van der Waals surface area contributed by atoms with Crippen LogP contribution in [0.4, 0.5) is 0 Å². The average Bonchev–Trinajstić information content (AvgIpc) is 2.67. The topological polar surface area (TPSA) is 77.1 Å². The third-order valence-electron chi connectivity index (χ3n) is 2.49. The predicted octanol–water partition coefficient (Wildman–Crippen LogP) is 0.328. The molecule has 0 spiro atoms. The Kier molecular flexibility index (Phi) is 2.78. The normalized spacial score (nSPS) is 10.4. The Morgan fingerprint density at radius 2 is 2.24 bits per heavy atom. The van der Waals surface area contributed by atoms with Gasteiger partial charge in [-0.1, -0.05) is 6.07 Å². The number of nitrogens with zero attached hydrogens (tertiary/aromatic N) is 3. The second-order valence-electron chi connectivity index (χ2n) is 3.59. The minimum atomic E-state index is -1.13. The van der Waals surface area contributed by atoms with Crippen LogP contribution in [0, 0.1) is 0 Å². The van der Waals surface area contributed by atoms with Crippen LogP contribution in [0.1, 0.15) is 16.3 Å². The van der Waals surface area contributed by atoms with Crippen LogP contribution in [0.2, 0.25) is 0 Å². The summed E-state index contributed by atoms with van der Waals surface area (Å²) in [5, 5.41) is 9.00. The largest absolute Gasteiger partial charge is 0.477 e. The lowest BCUT2D eigenvalue weighted by molar-refractivity contribution is 0.0684. The Hall–Kier alpha value is -2.37. The van der Waals surface area contributed by atoms with Crippen LogP contribution in [0.5, 0.6) is 0 Å². The molecule has 88 valence electrons. The van der Waals surface area contributed by atoms with E-state index < -0.39 is 5.97 Å². The molecule has 0 aliphatic rings. The first-order chi connectivity index (χ1) is 8.09. The fourth-order valence-corrected chi connectivity index (χ4v) is 1.56.